The maximum Gasteiger partial charge on any atom is 0.329 e. The van der Waals surface area contributed by atoms with Gasteiger partial charge in [0.2, 0.25) is 11.1 Å². The van der Waals surface area contributed by atoms with Gasteiger partial charge in [-0.05, 0) is 12.5 Å². The molecule has 4 rings (SSSR count). The number of para-hydroxylation sites is 1. The number of fused-ring (bicyclic) bond motifs is 3. The standard InChI is InChI=1S/C20H21N7O4S/c1-26-13-7-4-3-6-12(13)17-18(26)23-19(25-24-17)32-11-16(29)21-14-10-15(28)22-20(30)27(14)8-5-9-31-2/h3-4,6-7,10H,5,8-9,11H2,1-2H3,(H,21,29)(H,22,28,30). The van der Waals surface area contributed by atoms with Crippen LogP contribution in [-0.2, 0) is 23.1 Å². The third kappa shape index (κ3) is 4.41. The molecule has 0 atom stereocenters. The molecule has 2 N–H and O–H groups in total. The third-order valence-electron chi connectivity index (χ3n) is 4.85. The molecule has 0 saturated carbocycles. The highest BCUT2D eigenvalue weighted by Gasteiger charge is 2.14. The van der Waals surface area contributed by atoms with Crippen molar-refractivity contribution in [3.63, 3.8) is 0 Å². The summed E-state index contributed by atoms with van der Waals surface area (Å²) in [5.41, 5.74) is 1.18. The van der Waals surface area contributed by atoms with Crippen LogP contribution in [-0.4, -0.2) is 54.7 Å². The number of thioether (sulfide) groups is 1. The summed E-state index contributed by atoms with van der Waals surface area (Å²) in [6.07, 6.45) is 0.546. The molecule has 0 spiro atoms. The van der Waals surface area contributed by atoms with Crippen molar-refractivity contribution in [1.82, 2.24) is 29.3 Å². The lowest BCUT2D eigenvalue weighted by molar-refractivity contribution is -0.113. The summed E-state index contributed by atoms with van der Waals surface area (Å²) in [6, 6.07) is 8.99. The molecule has 166 valence electrons. The van der Waals surface area contributed by atoms with Gasteiger partial charge in [0.1, 0.15) is 11.3 Å². The van der Waals surface area contributed by atoms with Crippen LogP contribution in [0.25, 0.3) is 22.1 Å². The first-order valence-electron chi connectivity index (χ1n) is 9.81. The summed E-state index contributed by atoms with van der Waals surface area (Å²) < 4.78 is 8.22. The monoisotopic (exact) mass is 455 g/mol. The van der Waals surface area contributed by atoms with E-state index in [4.69, 9.17) is 4.74 Å². The number of aryl methyl sites for hydroxylation is 1. The number of nitrogens with one attached hydrogen (secondary N) is 2. The van der Waals surface area contributed by atoms with Crippen LogP contribution in [0.15, 0.2) is 45.1 Å². The van der Waals surface area contributed by atoms with E-state index in [-0.39, 0.29) is 18.1 Å². The van der Waals surface area contributed by atoms with Gasteiger partial charge in [-0.2, -0.15) is 0 Å². The van der Waals surface area contributed by atoms with Crippen LogP contribution in [0.2, 0.25) is 0 Å². The van der Waals surface area contributed by atoms with Gasteiger partial charge in [0.05, 0.1) is 11.3 Å². The largest absolute Gasteiger partial charge is 0.385 e. The fourth-order valence-corrected chi connectivity index (χ4v) is 3.96. The van der Waals surface area contributed by atoms with Crippen molar-refractivity contribution in [2.45, 2.75) is 18.1 Å². The smallest absolute Gasteiger partial charge is 0.329 e. The third-order valence-corrected chi connectivity index (χ3v) is 5.69. The van der Waals surface area contributed by atoms with Crippen LogP contribution < -0.4 is 16.6 Å². The fourth-order valence-electron chi connectivity index (χ4n) is 3.38. The Balaban J connectivity index is 1.49. The maximum atomic E-state index is 12.5. The second-order valence-corrected chi connectivity index (χ2v) is 7.94. The molecule has 4 aromatic rings. The van der Waals surface area contributed by atoms with E-state index in [9.17, 15) is 14.4 Å². The zero-order valence-electron chi connectivity index (χ0n) is 17.5. The highest BCUT2D eigenvalue weighted by molar-refractivity contribution is 7.99. The molecule has 3 aromatic heterocycles. The number of methoxy groups -OCH3 is 1. The molecule has 0 aliphatic heterocycles. The van der Waals surface area contributed by atoms with Crippen molar-refractivity contribution in [3.8, 4) is 0 Å². The highest BCUT2D eigenvalue weighted by atomic mass is 32.2. The minimum Gasteiger partial charge on any atom is -0.385 e. The van der Waals surface area contributed by atoms with Gasteiger partial charge >= 0.3 is 5.69 Å². The Hall–Kier alpha value is -3.51. The van der Waals surface area contributed by atoms with Gasteiger partial charge in [0.25, 0.3) is 5.56 Å². The van der Waals surface area contributed by atoms with E-state index < -0.39 is 17.2 Å². The van der Waals surface area contributed by atoms with Gasteiger partial charge in [0, 0.05) is 38.8 Å². The summed E-state index contributed by atoms with van der Waals surface area (Å²) in [6.45, 7) is 0.729. The number of hydrogen-bond acceptors (Lipinski definition) is 8. The number of amides is 1. The molecule has 3 heterocycles. The number of rotatable bonds is 8. The van der Waals surface area contributed by atoms with Crippen LogP contribution in [0.4, 0.5) is 5.82 Å². The number of carbonyl (C=O) groups excluding carboxylic acids is 1. The van der Waals surface area contributed by atoms with Crippen LogP contribution in [0.3, 0.4) is 0 Å². The molecule has 11 nitrogen and oxygen atoms in total. The van der Waals surface area contributed by atoms with E-state index in [2.05, 4.69) is 25.5 Å². The summed E-state index contributed by atoms with van der Waals surface area (Å²) in [7, 11) is 3.46. The molecule has 0 aliphatic rings. The zero-order chi connectivity index (χ0) is 22.7. The molecule has 12 heteroatoms. The molecule has 0 bridgehead atoms. The zero-order valence-corrected chi connectivity index (χ0v) is 18.3. The van der Waals surface area contributed by atoms with Crippen LogP contribution in [0, 0.1) is 0 Å². The number of benzene rings is 1. The molecular formula is C20H21N7O4S. The van der Waals surface area contributed by atoms with Gasteiger partial charge in [0.15, 0.2) is 5.65 Å². The van der Waals surface area contributed by atoms with E-state index in [1.807, 2.05) is 35.9 Å². The first kappa shape index (κ1) is 21.7. The van der Waals surface area contributed by atoms with Gasteiger partial charge in [-0.3, -0.25) is 19.1 Å². The Morgan fingerprint density at radius 2 is 2.06 bits per heavy atom. The van der Waals surface area contributed by atoms with Gasteiger partial charge in [-0.25, -0.2) is 9.78 Å². The Kier molecular flexibility index (Phi) is 6.32. The van der Waals surface area contributed by atoms with Crippen molar-refractivity contribution in [1.29, 1.82) is 0 Å². The molecule has 1 aromatic carbocycles. The van der Waals surface area contributed by atoms with E-state index in [1.165, 1.54) is 10.6 Å². The van der Waals surface area contributed by atoms with Gasteiger partial charge in [-0.1, -0.05) is 30.0 Å². The molecule has 0 radical (unpaired) electrons. The van der Waals surface area contributed by atoms with Crippen molar-refractivity contribution >= 4 is 45.6 Å². The number of hydrogen-bond donors (Lipinski definition) is 2. The number of H-pyrrole nitrogens is 1. The number of anilines is 1. The van der Waals surface area contributed by atoms with E-state index in [0.717, 1.165) is 22.7 Å². The number of ether oxygens (including phenoxy) is 1. The summed E-state index contributed by atoms with van der Waals surface area (Å²) in [4.78, 5) is 43.1. The van der Waals surface area contributed by atoms with Crippen LogP contribution in [0.5, 0.6) is 0 Å². The van der Waals surface area contributed by atoms with Gasteiger partial charge < -0.3 is 14.6 Å². The average molecular weight is 456 g/mol. The lowest BCUT2D eigenvalue weighted by atomic mass is 10.2. The quantitative estimate of drug-likeness (QED) is 0.298. The highest BCUT2D eigenvalue weighted by Crippen LogP contribution is 2.25. The number of aromatic nitrogens is 6. The SMILES string of the molecule is COCCCn1c(NC(=O)CSc2nnc3c4ccccc4n(C)c3n2)cc(=O)[nH]c1=O. The molecular weight excluding hydrogens is 434 g/mol. The minimum absolute atomic E-state index is 0.0177. The van der Waals surface area contributed by atoms with E-state index in [1.54, 1.807) is 7.11 Å². The molecule has 0 unspecified atom stereocenters. The Bertz CT molecular complexity index is 1410. The number of nitrogens with zero attached hydrogens (tertiary/aromatic N) is 5. The van der Waals surface area contributed by atoms with Gasteiger partial charge in [-0.15, -0.1) is 10.2 Å². The first-order valence-corrected chi connectivity index (χ1v) is 10.8. The van der Waals surface area contributed by atoms with Crippen molar-refractivity contribution in [2.75, 3.05) is 24.8 Å². The number of carbonyl (C=O) groups is 1. The van der Waals surface area contributed by atoms with Crippen LogP contribution >= 0.6 is 11.8 Å². The predicted molar refractivity (Wildman–Crippen MR) is 121 cm³/mol. The topological polar surface area (TPSA) is 137 Å². The lowest BCUT2D eigenvalue weighted by Gasteiger charge is -2.12. The Morgan fingerprint density at radius 3 is 2.88 bits per heavy atom. The van der Waals surface area contributed by atoms with E-state index >= 15 is 0 Å². The predicted octanol–water partition coefficient (Wildman–Crippen LogP) is 1.13. The van der Waals surface area contributed by atoms with Crippen molar-refractivity contribution in [2.24, 2.45) is 7.05 Å². The summed E-state index contributed by atoms with van der Waals surface area (Å²) in [5, 5.41) is 12.3. The molecule has 32 heavy (non-hydrogen) atoms. The fraction of sp³-hybridized carbons (Fsp3) is 0.300. The van der Waals surface area contributed by atoms with E-state index in [0.29, 0.717) is 29.3 Å². The summed E-state index contributed by atoms with van der Waals surface area (Å²) >= 11 is 1.11. The summed E-state index contributed by atoms with van der Waals surface area (Å²) in [5.74, 6) is -0.291. The average Bonchev–Trinajstić information content (AvgIpc) is 3.06. The Morgan fingerprint density at radius 1 is 1.25 bits per heavy atom. The van der Waals surface area contributed by atoms with Crippen molar-refractivity contribution in [3.05, 3.63) is 51.2 Å². The minimum atomic E-state index is -0.592. The first-order chi connectivity index (χ1) is 15.5. The maximum absolute atomic E-state index is 12.5. The lowest BCUT2D eigenvalue weighted by Crippen LogP contribution is -2.33. The molecule has 0 fully saturated rings. The second kappa shape index (κ2) is 9.32. The Labute approximate surface area is 185 Å². The molecule has 0 aliphatic carbocycles. The molecule has 1 amide bonds. The number of aromatic amines is 1. The van der Waals surface area contributed by atoms with Crippen LogP contribution in [0.1, 0.15) is 6.42 Å². The molecule has 0 saturated heterocycles. The second-order valence-electron chi connectivity index (χ2n) is 7.00. The normalized spacial score (nSPS) is 11.3. The van der Waals surface area contributed by atoms with Crippen molar-refractivity contribution < 1.29 is 9.53 Å².